The molecular weight excluding hydrogens is 293 g/mol. The van der Waals surface area contributed by atoms with Gasteiger partial charge in [-0.25, -0.2) is 4.39 Å². The molecule has 3 nitrogen and oxygen atoms in total. The standard InChI is InChI=1S/C19H22FNO2/c1-22-18-8-10-19(11-9-18)23-13-12-21(17-6-7-17)14-15-2-4-16(20)5-3-15/h2-5,8-11,17H,6-7,12-14H2,1H3. The zero-order chi connectivity index (χ0) is 16.1. The van der Waals surface area contributed by atoms with Crippen LogP contribution in [0, 0.1) is 5.82 Å². The third-order valence-electron chi connectivity index (χ3n) is 4.07. The Bertz CT molecular complexity index is 608. The summed E-state index contributed by atoms with van der Waals surface area (Å²) in [5.41, 5.74) is 1.14. The fourth-order valence-electron chi connectivity index (χ4n) is 2.61. The molecular formula is C19H22FNO2. The molecule has 0 atom stereocenters. The molecule has 0 unspecified atom stereocenters. The van der Waals surface area contributed by atoms with Gasteiger partial charge in [-0.05, 0) is 54.8 Å². The van der Waals surface area contributed by atoms with Crippen molar-refractivity contribution in [2.45, 2.75) is 25.4 Å². The lowest BCUT2D eigenvalue weighted by Gasteiger charge is -2.22. The maximum Gasteiger partial charge on any atom is 0.123 e. The number of hydrogen-bond donors (Lipinski definition) is 0. The van der Waals surface area contributed by atoms with E-state index in [0.29, 0.717) is 12.6 Å². The lowest BCUT2D eigenvalue weighted by Crippen LogP contribution is -2.30. The van der Waals surface area contributed by atoms with Crippen molar-refractivity contribution in [1.29, 1.82) is 0 Å². The van der Waals surface area contributed by atoms with Gasteiger partial charge in [0.1, 0.15) is 23.9 Å². The number of nitrogens with zero attached hydrogens (tertiary/aromatic N) is 1. The fraction of sp³-hybridized carbons (Fsp3) is 0.368. The summed E-state index contributed by atoms with van der Waals surface area (Å²) in [6.07, 6.45) is 2.48. The Morgan fingerprint density at radius 2 is 1.65 bits per heavy atom. The quantitative estimate of drug-likeness (QED) is 0.738. The van der Waals surface area contributed by atoms with Gasteiger partial charge in [0, 0.05) is 19.1 Å². The molecule has 23 heavy (non-hydrogen) atoms. The Labute approximate surface area is 136 Å². The van der Waals surface area contributed by atoms with Gasteiger partial charge in [0.05, 0.1) is 7.11 Å². The van der Waals surface area contributed by atoms with Gasteiger partial charge in [0.15, 0.2) is 0 Å². The number of benzene rings is 2. The SMILES string of the molecule is COc1ccc(OCCN(Cc2ccc(F)cc2)C2CC2)cc1. The molecule has 0 spiro atoms. The Morgan fingerprint density at radius 3 is 2.26 bits per heavy atom. The number of methoxy groups -OCH3 is 1. The van der Waals surface area contributed by atoms with E-state index in [1.165, 1.54) is 25.0 Å². The van der Waals surface area contributed by atoms with Crippen molar-refractivity contribution >= 4 is 0 Å². The molecule has 1 saturated carbocycles. The highest BCUT2D eigenvalue weighted by molar-refractivity contribution is 5.31. The number of ether oxygens (including phenoxy) is 2. The summed E-state index contributed by atoms with van der Waals surface area (Å²) in [5.74, 6) is 1.49. The largest absolute Gasteiger partial charge is 0.497 e. The number of halogens is 1. The van der Waals surface area contributed by atoms with Crippen molar-refractivity contribution in [2.75, 3.05) is 20.3 Å². The molecule has 1 fully saturated rings. The van der Waals surface area contributed by atoms with Crippen molar-refractivity contribution in [3.05, 3.63) is 59.9 Å². The van der Waals surface area contributed by atoms with E-state index in [2.05, 4.69) is 4.90 Å². The molecule has 2 aromatic carbocycles. The van der Waals surface area contributed by atoms with Crippen molar-refractivity contribution < 1.29 is 13.9 Å². The summed E-state index contributed by atoms with van der Waals surface area (Å²) in [6, 6.07) is 15.0. The summed E-state index contributed by atoms with van der Waals surface area (Å²) in [7, 11) is 1.65. The van der Waals surface area contributed by atoms with Crippen molar-refractivity contribution in [1.82, 2.24) is 4.90 Å². The average molecular weight is 315 g/mol. The van der Waals surface area contributed by atoms with Crippen LogP contribution < -0.4 is 9.47 Å². The van der Waals surface area contributed by atoms with Crippen molar-refractivity contribution in [3.63, 3.8) is 0 Å². The van der Waals surface area contributed by atoms with E-state index in [-0.39, 0.29) is 5.82 Å². The van der Waals surface area contributed by atoms with E-state index in [1.54, 1.807) is 7.11 Å². The van der Waals surface area contributed by atoms with Gasteiger partial charge in [-0.2, -0.15) is 0 Å². The summed E-state index contributed by atoms with van der Waals surface area (Å²) in [4.78, 5) is 2.41. The first-order valence-electron chi connectivity index (χ1n) is 8.00. The van der Waals surface area contributed by atoms with Crippen LogP contribution >= 0.6 is 0 Å². The van der Waals surface area contributed by atoms with Crippen LogP contribution in [0.15, 0.2) is 48.5 Å². The second kappa shape index (κ2) is 7.47. The third-order valence-corrected chi connectivity index (χ3v) is 4.07. The fourth-order valence-corrected chi connectivity index (χ4v) is 2.61. The van der Waals surface area contributed by atoms with Crippen LogP contribution in [0.4, 0.5) is 4.39 Å². The molecule has 4 heteroatoms. The van der Waals surface area contributed by atoms with Crippen molar-refractivity contribution in [2.24, 2.45) is 0 Å². The molecule has 0 amide bonds. The molecule has 0 aliphatic heterocycles. The lowest BCUT2D eigenvalue weighted by molar-refractivity contribution is 0.195. The van der Waals surface area contributed by atoms with Crippen LogP contribution in [0.25, 0.3) is 0 Å². The smallest absolute Gasteiger partial charge is 0.123 e. The van der Waals surface area contributed by atoms with Crippen LogP contribution in [-0.2, 0) is 6.54 Å². The Morgan fingerprint density at radius 1 is 1.00 bits per heavy atom. The van der Waals surface area contributed by atoms with Crippen LogP contribution in [0.3, 0.4) is 0 Å². The molecule has 0 aromatic heterocycles. The molecule has 1 aliphatic carbocycles. The Hall–Kier alpha value is -2.07. The zero-order valence-electron chi connectivity index (χ0n) is 13.4. The molecule has 0 radical (unpaired) electrons. The summed E-state index contributed by atoms with van der Waals surface area (Å²) < 4.78 is 23.9. The average Bonchev–Trinajstić information content (AvgIpc) is 3.41. The van der Waals surface area contributed by atoms with E-state index in [1.807, 2.05) is 36.4 Å². The second-order valence-corrected chi connectivity index (χ2v) is 5.85. The molecule has 1 aliphatic rings. The summed E-state index contributed by atoms with van der Waals surface area (Å²) in [5, 5.41) is 0. The first-order chi connectivity index (χ1) is 11.2. The molecule has 2 aromatic rings. The molecule has 0 saturated heterocycles. The number of hydrogen-bond acceptors (Lipinski definition) is 3. The highest BCUT2D eigenvalue weighted by Gasteiger charge is 2.28. The summed E-state index contributed by atoms with van der Waals surface area (Å²) in [6.45, 7) is 2.36. The van der Waals surface area contributed by atoms with Gasteiger partial charge in [-0.3, -0.25) is 4.90 Å². The van der Waals surface area contributed by atoms with Gasteiger partial charge in [0.25, 0.3) is 0 Å². The van der Waals surface area contributed by atoms with E-state index in [9.17, 15) is 4.39 Å². The van der Waals surface area contributed by atoms with Gasteiger partial charge in [-0.15, -0.1) is 0 Å². The van der Waals surface area contributed by atoms with Gasteiger partial charge >= 0.3 is 0 Å². The van der Waals surface area contributed by atoms with Crippen LogP contribution in [0.1, 0.15) is 18.4 Å². The minimum absolute atomic E-state index is 0.186. The molecule has 0 heterocycles. The predicted molar refractivity (Wildman–Crippen MR) is 88.3 cm³/mol. The molecule has 0 N–H and O–H groups in total. The Balaban J connectivity index is 1.50. The highest BCUT2D eigenvalue weighted by atomic mass is 19.1. The highest BCUT2D eigenvalue weighted by Crippen LogP contribution is 2.28. The van der Waals surface area contributed by atoms with Crippen molar-refractivity contribution in [3.8, 4) is 11.5 Å². The van der Waals surface area contributed by atoms with E-state index in [4.69, 9.17) is 9.47 Å². The topological polar surface area (TPSA) is 21.7 Å². The molecule has 3 rings (SSSR count). The first-order valence-corrected chi connectivity index (χ1v) is 8.00. The second-order valence-electron chi connectivity index (χ2n) is 5.85. The normalized spacial score (nSPS) is 14.0. The molecule has 122 valence electrons. The van der Waals surface area contributed by atoms with Gasteiger partial charge in [-0.1, -0.05) is 12.1 Å². The van der Waals surface area contributed by atoms with Crippen LogP contribution in [-0.4, -0.2) is 31.2 Å². The summed E-state index contributed by atoms with van der Waals surface area (Å²) >= 11 is 0. The van der Waals surface area contributed by atoms with Gasteiger partial charge < -0.3 is 9.47 Å². The maximum absolute atomic E-state index is 13.0. The van der Waals surface area contributed by atoms with Crippen LogP contribution in [0.2, 0.25) is 0 Å². The minimum atomic E-state index is -0.186. The monoisotopic (exact) mass is 315 g/mol. The molecule has 0 bridgehead atoms. The van der Waals surface area contributed by atoms with E-state index in [0.717, 1.165) is 30.2 Å². The Kier molecular flexibility index (Phi) is 5.13. The van der Waals surface area contributed by atoms with E-state index < -0.39 is 0 Å². The van der Waals surface area contributed by atoms with E-state index >= 15 is 0 Å². The maximum atomic E-state index is 13.0. The minimum Gasteiger partial charge on any atom is -0.497 e. The van der Waals surface area contributed by atoms with Crippen LogP contribution in [0.5, 0.6) is 11.5 Å². The van der Waals surface area contributed by atoms with Gasteiger partial charge in [0.2, 0.25) is 0 Å². The lowest BCUT2D eigenvalue weighted by atomic mass is 10.2. The number of rotatable bonds is 8. The third kappa shape index (κ3) is 4.70. The first kappa shape index (κ1) is 15.8. The predicted octanol–water partition coefficient (Wildman–Crippen LogP) is 3.88. The zero-order valence-corrected chi connectivity index (χ0v) is 13.4.